The maximum absolute atomic E-state index is 13.5. The monoisotopic (exact) mass is 245 g/mol. The van der Waals surface area contributed by atoms with E-state index in [0.717, 1.165) is 6.54 Å². The molecule has 0 aliphatic rings. The summed E-state index contributed by atoms with van der Waals surface area (Å²) in [6.45, 7) is 0.781. The van der Waals surface area contributed by atoms with Crippen molar-refractivity contribution in [1.82, 2.24) is 4.90 Å². The second-order valence-corrected chi connectivity index (χ2v) is 4.57. The number of rotatable bonds is 5. The Balaban J connectivity index is 2.56. The molecule has 4 heteroatoms. The molecule has 0 aromatic heterocycles. The molecule has 0 fully saturated rings. The average molecular weight is 246 g/mol. The van der Waals surface area contributed by atoms with Gasteiger partial charge in [-0.2, -0.15) is 0 Å². The van der Waals surface area contributed by atoms with Gasteiger partial charge in [-0.15, -0.1) is 0 Å². The molecule has 0 aliphatic heterocycles. The summed E-state index contributed by atoms with van der Waals surface area (Å²) in [5.41, 5.74) is 0.471. The van der Waals surface area contributed by atoms with Crippen LogP contribution in [0, 0.1) is 5.82 Å². The van der Waals surface area contributed by atoms with Gasteiger partial charge in [0.25, 0.3) is 0 Å². The van der Waals surface area contributed by atoms with Crippen molar-refractivity contribution in [1.29, 1.82) is 0 Å². The summed E-state index contributed by atoms with van der Waals surface area (Å²) in [5.74, 6) is -0.423. The highest BCUT2D eigenvalue weighted by Gasteiger charge is 2.11. The molecule has 1 N–H and O–H groups in total. The van der Waals surface area contributed by atoms with Gasteiger partial charge in [0.1, 0.15) is 5.82 Å². The van der Waals surface area contributed by atoms with Crippen molar-refractivity contribution in [2.45, 2.75) is 18.9 Å². The minimum atomic E-state index is -0.532. The zero-order chi connectivity index (χ0) is 12.1. The van der Waals surface area contributed by atoms with E-state index < -0.39 is 11.9 Å². The van der Waals surface area contributed by atoms with E-state index in [1.807, 2.05) is 19.0 Å². The van der Waals surface area contributed by atoms with E-state index in [0.29, 0.717) is 18.4 Å². The average Bonchev–Trinajstić information content (AvgIpc) is 2.22. The first-order valence-corrected chi connectivity index (χ1v) is 5.64. The lowest BCUT2D eigenvalue weighted by atomic mass is 10.1. The zero-order valence-corrected chi connectivity index (χ0v) is 10.3. The first-order chi connectivity index (χ1) is 7.50. The van der Waals surface area contributed by atoms with E-state index in [9.17, 15) is 9.50 Å². The van der Waals surface area contributed by atoms with Crippen molar-refractivity contribution < 1.29 is 9.50 Å². The van der Waals surface area contributed by atoms with Crippen LogP contribution in [0.3, 0.4) is 0 Å². The van der Waals surface area contributed by atoms with Crippen LogP contribution in [-0.2, 0) is 6.42 Å². The van der Waals surface area contributed by atoms with Gasteiger partial charge in [-0.3, -0.25) is 0 Å². The number of hydrogen-bond acceptors (Lipinski definition) is 2. The number of halogens is 2. The lowest BCUT2D eigenvalue weighted by Gasteiger charge is -2.14. The summed E-state index contributed by atoms with van der Waals surface area (Å²) in [6.07, 6.45) is 0.398. The number of nitrogens with zero attached hydrogens (tertiary/aromatic N) is 1. The van der Waals surface area contributed by atoms with Crippen LogP contribution in [0.5, 0.6) is 0 Å². The van der Waals surface area contributed by atoms with Gasteiger partial charge < -0.3 is 10.0 Å². The molecule has 0 aliphatic carbocycles. The van der Waals surface area contributed by atoms with Crippen molar-refractivity contribution in [3.05, 3.63) is 34.6 Å². The molecule has 0 heterocycles. The maximum atomic E-state index is 13.5. The highest BCUT2D eigenvalue weighted by molar-refractivity contribution is 6.30. The zero-order valence-electron chi connectivity index (χ0n) is 9.58. The second-order valence-electron chi connectivity index (χ2n) is 4.16. The molecule has 0 saturated carbocycles. The maximum Gasteiger partial charge on any atom is 0.145 e. The van der Waals surface area contributed by atoms with E-state index >= 15 is 0 Å². The molecule has 0 spiro atoms. The van der Waals surface area contributed by atoms with Crippen LogP contribution in [0.1, 0.15) is 12.0 Å². The molecule has 16 heavy (non-hydrogen) atoms. The van der Waals surface area contributed by atoms with Crippen molar-refractivity contribution in [3.8, 4) is 0 Å². The Hall–Kier alpha value is -0.640. The smallest absolute Gasteiger partial charge is 0.145 e. The molecule has 2 nitrogen and oxygen atoms in total. The van der Waals surface area contributed by atoms with E-state index in [-0.39, 0.29) is 5.02 Å². The topological polar surface area (TPSA) is 23.5 Å². The van der Waals surface area contributed by atoms with Gasteiger partial charge in [0.2, 0.25) is 0 Å². The molecule has 1 aromatic carbocycles. The quantitative estimate of drug-likeness (QED) is 0.861. The normalized spacial score (nSPS) is 13.1. The number of aliphatic hydroxyl groups is 1. The van der Waals surface area contributed by atoms with Gasteiger partial charge in [0, 0.05) is 6.42 Å². The summed E-state index contributed by atoms with van der Waals surface area (Å²) in [6, 6.07) is 4.85. The van der Waals surface area contributed by atoms with Gasteiger partial charge in [-0.1, -0.05) is 23.7 Å². The van der Waals surface area contributed by atoms with E-state index in [4.69, 9.17) is 11.6 Å². The number of aliphatic hydroxyl groups excluding tert-OH is 1. The third-order valence-corrected chi connectivity index (χ3v) is 2.69. The fraction of sp³-hybridized carbons (Fsp3) is 0.500. The molecule has 1 rings (SSSR count). The molecule has 0 radical (unpaired) electrons. The van der Waals surface area contributed by atoms with Gasteiger partial charge in [-0.25, -0.2) is 4.39 Å². The highest BCUT2D eigenvalue weighted by atomic mass is 35.5. The minimum absolute atomic E-state index is 0.109. The van der Waals surface area contributed by atoms with Crippen LogP contribution in [-0.4, -0.2) is 36.8 Å². The SMILES string of the molecule is CN(C)CCC(O)Cc1cccc(Cl)c1F. The lowest BCUT2D eigenvalue weighted by Crippen LogP contribution is -2.21. The molecule has 0 saturated heterocycles. The minimum Gasteiger partial charge on any atom is -0.393 e. The highest BCUT2D eigenvalue weighted by Crippen LogP contribution is 2.19. The van der Waals surface area contributed by atoms with Gasteiger partial charge in [0.05, 0.1) is 11.1 Å². The van der Waals surface area contributed by atoms with Crippen LogP contribution in [0.4, 0.5) is 4.39 Å². The molecule has 1 atom stereocenters. The first kappa shape index (κ1) is 13.4. The molecular formula is C12H17ClFNO. The molecule has 1 aromatic rings. The standard InChI is InChI=1S/C12H17ClFNO/c1-15(2)7-6-10(16)8-9-4-3-5-11(13)12(9)14/h3-5,10,16H,6-8H2,1-2H3. The predicted molar refractivity (Wildman–Crippen MR) is 64.3 cm³/mol. The van der Waals surface area contributed by atoms with E-state index in [1.165, 1.54) is 6.07 Å². The summed E-state index contributed by atoms with van der Waals surface area (Å²) < 4.78 is 13.5. The Bertz CT molecular complexity index is 344. The van der Waals surface area contributed by atoms with Crippen molar-refractivity contribution >= 4 is 11.6 Å². The fourth-order valence-corrected chi connectivity index (χ4v) is 1.66. The largest absolute Gasteiger partial charge is 0.393 e. The Morgan fingerprint density at radius 3 is 2.75 bits per heavy atom. The summed E-state index contributed by atoms with van der Waals surface area (Å²) in [4.78, 5) is 1.98. The van der Waals surface area contributed by atoms with Gasteiger partial charge >= 0.3 is 0 Å². The molecule has 1 unspecified atom stereocenters. The van der Waals surface area contributed by atoms with Crippen molar-refractivity contribution in [2.24, 2.45) is 0 Å². The Kier molecular flexibility index (Phi) is 5.19. The summed E-state index contributed by atoms with van der Waals surface area (Å²) in [5, 5.41) is 9.84. The van der Waals surface area contributed by atoms with Crippen molar-refractivity contribution in [3.63, 3.8) is 0 Å². The van der Waals surface area contributed by atoms with Crippen molar-refractivity contribution in [2.75, 3.05) is 20.6 Å². The third kappa shape index (κ3) is 4.08. The predicted octanol–water partition coefficient (Wildman–Crippen LogP) is 2.33. The number of hydrogen-bond donors (Lipinski definition) is 1. The molecule has 90 valence electrons. The molecular weight excluding hydrogens is 229 g/mol. The first-order valence-electron chi connectivity index (χ1n) is 5.26. The van der Waals surface area contributed by atoms with Crippen LogP contribution in [0.2, 0.25) is 5.02 Å². The summed E-state index contributed by atoms with van der Waals surface area (Å²) >= 11 is 5.66. The summed E-state index contributed by atoms with van der Waals surface area (Å²) in [7, 11) is 3.87. The van der Waals surface area contributed by atoms with Crippen LogP contribution >= 0.6 is 11.6 Å². The number of benzene rings is 1. The third-order valence-electron chi connectivity index (χ3n) is 2.40. The van der Waals surface area contributed by atoms with E-state index in [1.54, 1.807) is 12.1 Å². The van der Waals surface area contributed by atoms with Gasteiger partial charge in [-0.05, 0) is 38.7 Å². The molecule has 0 bridgehead atoms. The van der Waals surface area contributed by atoms with Crippen LogP contribution in [0.25, 0.3) is 0 Å². The fourth-order valence-electron chi connectivity index (χ4n) is 1.47. The molecule has 0 amide bonds. The second kappa shape index (κ2) is 6.18. The Morgan fingerprint density at radius 2 is 2.12 bits per heavy atom. The van der Waals surface area contributed by atoms with E-state index in [2.05, 4.69) is 0 Å². The van der Waals surface area contributed by atoms with Crippen LogP contribution < -0.4 is 0 Å². The lowest BCUT2D eigenvalue weighted by molar-refractivity contribution is 0.151. The van der Waals surface area contributed by atoms with Crippen LogP contribution in [0.15, 0.2) is 18.2 Å². The Labute approximate surface area is 101 Å². The Morgan fingerprint density at radius 1 is 1.44 bits per heavy atom. The van der Waals surface area contributed by atoms with Gasteiger partial charge in [0.15, 0.2) is 0 Å².